The number of carbonyl (C=O) groups is 2. The van der Waals surface area contributed by atoms with E-state index in [0.717, 1.165) is 0 Å². The van der Waals surface area contributed by atoms with Crippen LogP contribution in [0.25, 0.3) is 0 Å². The van der Waals surface area contributed by atoms with Gasteiger partial charge in [0.25, 0.3) is 5.91 Å². The lowest BCUT2D eigenvalue weighted by Crippen LogP contribution is -2.50. The molecule has 0 spiro atoms. The smallest absolute Gasteiger partial charge is 0.255 e. The summed E-state index contributed by atoms with van der Waals surface area (Å²) in [7, 11) is 1.32. The normalized spacial score (nSPS) is 30.5. The molecule has 1 rings (SSSR count). The summed E-state index contributed by atoms with van der Waals surface area (Å²) >= 11 is 0. The van der Waals surface area contributed by atoms with E-state index in [9.17, 15) is 14.7 Å². The van der Waals surface area contributed by atoms with Crippen molar-refractivity contribution in [2.75, 3.05) is 7.11 Å². The third kappa shape index (κ3) is 1.81. The number of Topliss-reactive ketones (excluding diaryl/α,β-unsaturated/α-hetero) is 1. The van der Waals surface area contributed by atoms with Crippen molar-refractivity contribution < 1.29 is 19.4 Å². The van der Waals surface area contributed by atoms with Crippen LogP contribution in [0, 0.1) is 5.92 Å². The van der Waals surface area contributed by atoms with Gasteiger partial charge >= 0.3 is 0 Å². The van der Waals surface area contributed by atoms with Gasteiger partial charge < -0.3 is 21.3 Å². The number of methoxy groups -OCH3 is 1. The highest BCUT2D eigenvalue weighted by atomic mass is 16.5. The lowest BCUT2D eigenvalue weighted by molar-refractivity contribution is -0.131. The van der Waals surface area contributed by atoms with E-state index in [0.29, 0.717) is 6.42 Å². The van der Waals surface area contributed by atoms with E-state index in [1.165, 1.54) is 7.11 Å². The number of aliphatic hydroxyl groups excluding tert-OH is 1. The zero-order valence-corrected chi connectivity index (χ0v) is 9.27. The first-order valence-electron chi connectivity index (χ1n) is 5.01. The first kappa shape index (κ1) is 12.7. The van der Waals surface area contributed by atoms with E-state index in [4.69, 9.17) is 16.2 Å². The van der Waals surface area contributed by atoms with E-state index >= 15 is 0 Å². The van der Waals surface area contributed by atoms with Gasteiger partial charge in [0.15, 0.2) is 0 Å². The van der Waals surface area contributed by atoms with Crippen molar-refractivity contribution in [3.05, 3.63) is 11.3 Å². The maximum absolute atomic E-state index is 11.7. The number of carbonyl (C=O) groups excluding carboxylic acids is 2. The summed E-state index contributed by atoms with van der Waals surface area (Å²) in [5.74, 6) is -2.02. The molecule has 0 saturated carbocycles. The van der Waals surface area contributed by atoms with Crippen LogP contribution in [0.1, 0.15) is 13.3 Å². The average molecular weight is 228 g/mol. The van der Waals surface area contributed by atoms with E-state index in [-0.39, 0.29) is 11.3 Å². The molecule has 5 N–H and O–H groups in total. The van der Waals surface area contributed by atoms with Gasteiger partial charge in [-0.2, -0.15) is 0 Å². The topological polar surface area (TPSA) is 116 Å². The van der Waals surface area contributed by atoms with Crippen LogP contribution in [0.3, 0.4) is 0 Å². The fourth-order valence-corrected chi connectivity index (χ4v) is 1.98. The second-order valence-corrected chi connectivity index (χ2v) is 3.71. The fourth-order valence-electron chi connectivity index (χ4n) is 1.98. The van der Waals surface area contributed by atoms with Crippen molar-refractivity contribution in [1.29, 1.82) is 0 Å². The summed E-state index contributed by atoms with van der Waals surface area (Å²) in [6.45, 7) is 1.80. The molecule has 0 aliphatic heterocycles. The Kier molecular flexibility index (Phi) is 3.66. The molecular weight excluding hydrogens is 212 g/mol. The number of primary amides is 1. The van der Waals surface area contributed by atoms with Crippen LogP contribution in [0.2, 0.25) is 0 Å². The molecule has 90 valence electrons. The monoisotopic (exact) mass is 228 g/mol. The van der Waals surface area contributed by atoms with Gasteiger partial charge in [0, 0.05) is 5.92 Å². The van der Waals surface area contributed by atoms with Crippen LogP contribution in [-0.2, 0) is 14.3 Å². The molecule has 0 saturated heterocycles. The van der Waals surface area contributed by atoms with Gasteiger partial charge in [-0.1, -0.05) is 6.92 Å². The Balaban J connectivity index is 3.29. The average Bonchev–Trinajstić information content (AvgIpc) is 2.23. The molecule has 0 heterocycles. The van der Waals surface area contributed by atoms with Gasteiger partial charge in [-0.25, -0.2) is 0 Å². The van der Waals surface area contributed by atoms with Crippen molar-refractivity contribution in [3.8, 4) is 0 Å². The van der Waals surface area contributed by atoms with E-state index in [2.05, 4.69) is 0 Å². The van der Waals surface area contributed by atoms with Crippen LogP contribution in [0.4, 0.5) is 0 Å². The maximum Gasteiger partial charge on any atom is 0.255 e. The van der Waals surface area contributed by atoms with Gasteiger partial charge in [0.1, 0.15) is 17.4 Å². The number of hydrogen-bond donors (Lipinski definition) is 3. The molecule has 0 radical (unpaired) electrons. The molecule has 0 aromatic heterocycles. The van der Waals surface area contributed by atoms with Crippen molar-refractivity contribution in [1.82, 2.24) is 0 Å². The Morgan fingerprint density at radius 1 is 1.56 bits per heavy atom. The van der Waals surface area contributed by atoms with E-state index < -0.39 is 29.8 Å². The minimum atomic E-state index is -1.29. The Morgan fingerprint density at radius 3 is 2.50 bits per heavy atom. The fraction of sp³-hybridized carbons (Fsp3) is 0.600. The van der Waals surface area contributed by atoms with E-state index in [1.807, 2.05) is 0 Å². The Labute approximate surface area is 93.2 Å². The molecule has 0 bridgehead atoms. The SMILES string of the molecule is CC[C@H]1[C@H](N)C(OC)=C(C(N)=O)C(=O)[C@@H]1O. The third-order valence-electron chi connectivity index (χ3n) is 2.87. The summed E-state index contributed by atoms with van der Waals surface area (Å²) in [5.41, 5.74) is 10.6. The number of ether oxygens (including phenoxy) is 1. The molecule has 0 fully saturated rings. The summed E-state index contributed by atoms with van der Waals surface area (Å²) in [6, 6.07) is -0.690. The molecular formula is C10H16N2O4. The second-order valence-electron chi connectivity index (χ2n) is 3.71. The highest BCUT2D eigenvalue weighted by Gasteiger charge is 2.43. The molecule has 1 aliphatic rings. The molecule has 0 aromatic rings. The summed E-state index contributed by atoms with van der Waals surface area (Å²) in [6.07, 6.45) is -0.783. The molecule has 6 nitrogen and oxygen atoms in total. The van der Waals surface area contributed by atoms with Crippen molar-refractivity contribution in [3.63, 3.8) is 0 Å². The van der Waals surface area contributed by atoms with Crippen LogP contribution >= 0.6 is 0 Å². The summed E-state index contributed by atoms with van der Waals surface area (Å²) in [4.78, 5) is 22.8. The molecule has 3 atom stereocenters. The number of hydrogen-bond acceptors (Lipinski definition) is 5. The largest absolute Gasteiger partial charge is 0.498 e. The molecule has 1 aliphatic carbocycles. The number of amides is 1. The Bertz CT molecular complexity index is 351. The first-order valence-corrected chi connectivity index (χ1v) is 5.01. The standard InChI is InChI=1S/C10H16N2O4/c1-3-4-6(11)9(16-2)5(10(12)15)8(14)7(4)13/h4,6-7,13H,3,11H2,1-2H3,(H2,12,15)/t4-,6-,7+/m0/s1. The van der Waals surface area contributed by atoms with Crippen LogP contribution in [0.15, 0.2) is 11.3 Å². The molecule has 16 heavy (non-hydrogen) atoms. The minimum absolute atomic E-state index is 0.0645. The van der Waals surface area contributed by atoms with E-state index in [1.54, 1.807) is 6.92 Å². The Morgan fingerprint density at radius 2 is 2.12 bits per heavy atom. The lowest BCUT2D eigenvalue weighted by atomic mass is 9.79. The molecule has 6 heteroatoms. The van der Waals surface area contributed by atoms with Gasteiger partial charge in [-0.3, -0.25) is 9.59 Å². The minimum Gasteiger partial charge on any atom is -0.498 e. The molecule has 0 unspecified atom stereocenters. The highest BCUT2D eigenvalue weighted by Crippen LogP contribution is 2.29. The van der Waals surface area contributed by atoms with Gasteiger partial charge in [0.2, 0.25) is 5.78 Å². The third-order valence-corrected chi connectivity index (χ3v) is 2.87. The van der Waals surface area contributed by atoms with Crippen LogP contribution in [-0.4, -0.2) is 36.1 Å². The van der Waals surface area contributed by atoms with Crippen LogP contribution in [0.5, 0.6) is 0 Å². The lowest BCUT2D eigenvalue weighted by Gasteiger charge is -2.33. The molecule has 1 amide bonds. The zero-order valence-electron chi connectivity index (χ0n) is 9.27. The van der Waals surface area contributed by atoms with Gasteiger partial charge in [0.05, 0.1) is 13.2 Å². The second kappa shape index (κ2) is 4.63. The first-order chi connectivity index (χ1) is 7.45. The maximum atomic E-state index is 11.7. The quantitative estimate of drug-likeness (QED) is 0.517. The Hall–Kier alpha value is -1.40. The van der Waals surface area contributed by atoms with Gasteiger partial charge in [-0.05, 0) is 6.42 Å². The zero-order chi connectivity index (χ0) is 12.5. The number of nitrogens with two attached hydrogens (primary N) is 2. The summed E-state index contributed by atoms with van der Waals surface area (Å²) < 4.78 is 4.95. The van der Waals surface area contributed by atoms with Gasteiger partial charge in [-0.15, -0.1) is 0 Å². The highest BCUT2D eigenvalue weighted by molar-refractivity contribution is 6.21. The number of aliphatic hydroxyl groups is 1. The molecule has 0 aromatic carbocycles. The predicted octanol–water partition coefficient (Wildman–Crippen LogP) is -1.33. The predicted molar refractivity (Wildman–Crippen MR) is 56.0 cm³/mol. The van der Waals surface area contributed by atoms with Crippen molar-refractivity contribution >= 4 is 11.7 Å². The summed E-state index contributed by atoms with van der Waals surface area (Å²) in [5, 5.41) is 9.71. The number of ketones is 1. The van der Waals surface area contributed by atoms with Crippen molar-refractivity contribution in [2.45, 2.75) is 25.5 Å². The number of rotatable bonds is 3. The van der Waals surface area contributed by atoms with Crippen molar-refractivity contribution in [2.24, 2.45) is 17.4 Å². The van der Waals surface area contributed by atoms with Crippen LogP contribution < -0.4 is 11.5 Å².